The maximum atomic E-state index is 12.1. The van der Waals surface area contributed by atoms with Crippen molar-refractivity contribution < 1.29 is 9.53 Å². The summed E-state index contributed by atoms with van der Waals surface area (Å²) < 4.78 is 6.78. The molecule has 0 atom stereocenters. The molecule has 0 spiro atoms. The van der Waals surface area contributed by atoms with E-state index in [1.54, 1.807) is 12.4 Å². The van der Waals surface area contributed by atoms with E-state index in [0.717, 1.165) is 32.1 Å². The molecule has 5 nitrogen and oxygen atoms in total. The van der Waals surface area contributed by atoms with Crippen LogP contribution in [0, 0.1) is 6.92 Å². The van der Waals surface area contributed by atoms with Crippen LogP contribution in [0.1, 0.15) is 36.5 Å². The fourth-order valence-corrected chi connectivity index (χ4v) is 3.19. The maximum Gasteiger partial charge on any atom is 0.277 e. The van der Waals surface area contributed by atoms with Gasteiger partial charge in [0, 0.05) is 21.6 Å². The Morgan fingerprint density at radius 1 is 1.29 bits per heavy atom. The third-order valence-corrected chi connectivity index (χ3v) is 5.18. The number of halogens is 1. The van der Waals surface area contributed by atoms with Gasteiger partial charge >= 0.3 is 0 Å². The monoisotopic (exact) mass is 439 g/mol. The lowest BCUT2D eigenvalue weighted by atomic mass is 10.0. The standard InChI is InChI=1S/C22H22BrN3O2/c1-14(2)18-11-19(23)15(3)10-20(18)28-13-21(27)26-25-12-17-7-4-6-16-8-5-9-24-22(16)17/h4-12,14H,13H2,1-3H3,(H,26,27)/b25-12-. The second-order valence-corrected chi connectivity index (χ2v) is 7.65. The molecule has 1 amide bonds. The van der Waals surface area contributed by atoms with Crippen molar-refractivity contribution in [1.82, 2.24) is 10.4 Å². The highest BCUT2D eigenvalue weighted by atomic mass is 79.9. The predicted octanol–water partition coefficient (Wildman–Crippen LogP) is 4.96. The average Bonchev–Trinajstić information content (AvgIpc) is 2.68. The number of pyridine rings is 1. The molecule has 0 aliphatic carbocycles. The van der Waals surface area contributed by atoms with E-state index in [-0.39, 0.29) is 18.4 Å². The number of fused-ring (bicyclic) bond motifs is 1. The zero-order valence-electron chi connectivity index (χ0n) is 16.1. The Kier molecular flexibility index (Phi) is 6.41. The van der Waals surface area contributed by atoms with Crippen LogP contribution in [0.5, 0.6) is 5.75 Å². The number of aryl methyl sites for hydroxylation is 1. The van der Waals surface area contributed by atoms with E-state index < -0.39 is 0 Å². The molecule has 28 heavy (non-hydrogen) atoms. The summed E-state index contributed by atoms with van der Waals surface area (Å²) in [7, 11) is 0. The van der Waals surface area contributed by atoms with E-state index in [0.29, 0.717) is 5.75 Å². The van der Waals surface area contributed by atoms with Crippen molar-refractivity contribution in [2.45, 2.75) is 26.7 Å². The number of para-hydroxylation sites is 1. The summed E-state index contributed by atoms with van der Waals surface area (Å²) >= 11 is 3.54. The molecule has 0 aliphatic heterocycles. The van der Waals surface area contributed by atoms with E-state index in [2.05, 4.69) is 45.3 Å². The van der Waals surface area contributed by atoms with Crippen molar-refractivity contribution in [1.29, 1.82) is 0 Å². The third-order valence-electron chi connectivity index (χ3n) is 4.33. The van der Waals surface area contributed by atoms with Crippen LogP contribution in [0.2, 0.25) is 0 Å². The molecule has 1 heterocycles. The zero-order valence-corrected chi connectivity index (χ0v) is 17.7. The second-order valence-electron chi connectivity index (χ2n) is 6.80. The molecule has 0 aliphatic rings. The van der Waals surface area contributed by atoms with E-state index in [9.17, 15) is 4.79 Å². The molecule has 0 unspecified atom stereocenters. The van der Waals surface area contributed by atoms with Crippen LogP contribution in [-0.4, -0.2) is 23.7 Å². The molecule has 0 saturated heterocycles. The number of hydrogen-bond donors (Lipinski definition) is 1. The van der Waals surface area contributed by atoms with E-state index in [1.807, 2.05) is 49.4 Å². The van der Waals surface area contributed by atoms with Crippen molar-refractivity contribution in [3.8, 4) is 5.75 Å². The predicted molar refractivity (Wildman–Crippen MR) is 116 cm³/mol. The Hall–Kier alpha value is -2.73. The van der Waals surface area contributed by atoms with Gasteiger partial charge in [-0.3, -0.25) is 9.78 Å². The molecule has 3 aromatic rings. The second kappa shape index (κ2) is 8.97. The number of rotatable bonds is 6. The van der Waals surface area contributed by atoms with Crippen molar-refractivity contribution in [3.63, 3.8) is 0 Å². The topological polar surface area (TPSA) is 63.6 Å². The summed E-state index contributed by atoms with van der Waals surface area (Å²) in [5, 5.41) is 5.06. The van der Waals surface area contributed by atoms with Gasteiger partial charge in [0.1, 0.15) is 5.75 Å². The minimum absolute atomic E-state index is 0.105. The van der Waals surface area contributed by atoms with Gasteiger partial charge in [-0.15, -0.1) is 0 Å². The highest BCUT2D eigenvalue weighted by Crippen LogP contribution is 2.32. The van der Waals surface area contributed by atoms with E-state index in [1.165, 1.54) is 0 Å². The minimum atomic E-state index is -0.320. The van der Waals surface area contributed by atoms with Gasteiger partial charge in [-0.25, -0.2) is 5.43 Å². The van der Waals surface area contributed by atoms with Crippen LogP contribution < -0.4 is 10.2 Å². The Labute approximate surface area is 173 Å². The number of carbonyl (C=O) groups is 1. The molecule has 1 N–H and O–H groups in total. The number of nitrogens with zero attached hydrogens (tertiary/aromatic N) is 2. The largest absolute Gasteiger partial charge is 0.483 e. The molecule has 0 bridgehead atoms. The lowest BCUT2D eigenvalue weighted by Gasteiger charge is -2.15. The number of amides is 1. The number of ether oxygens (including phenoxy) is 1. The number of hydrogen-bond acceptors (Lipinski definition) is 4. The molecule has 144 valence electrons. The van der Waals surface area contributed by atoms with Crippen LogP contribution in [0.15, 0.2) is 58.2 Å². The van der Waals surface area contributed by atoms with Crippen molar-refractivity contribution in [2.24, 2.45) is 5.10 Å². The molecule has 3 rings (SSSR count). The van der Waals surface area contributed by atoms with E-state index >= 15 is 0 Å². The molecule has 0 fully saturated rings. The normalized spacial score (nSPS) is 11.3. The summed E-state index contributed by atoms with van der Waals surface area (Å²) in [4.78, 5) is 16.5. The first-order valence-electron chi connectivity index (χ1n) is 9.04. The van der Waals surface area contributed by atoms with Crippen molar-refractivity contribution >= 4 is 39.0 Å². The fraction of sp³-hybridized carbons (Fsp3) is 0.227. The van der Waals surface area contributed by atoms with Crippen molar-refractivity contribution in [2.75, 3.05) is 6.61 Å². The van der Waals surface area contributed by atoms with Gasteiger partial charge in [0.15, 0.2) is 6.61 Å². The van der Waals surface area contributed by atoms with Crippen LogP contribution in [0.3, 0.4) is 0 Å². The molecular weight excluding hydrogens is 418 g/mol. The Balaban J connectivity index is 1.64. The summed E-state index contributed by atoms with van der Waals surface area (Å²) in [6, 6.07) is 13.7. The van der Waals surface area contributed by atoms with Crippen LogP contribution in [-0.2, 0) is 4.79 Å². The summed E-state index contributed by atoms with van der Waals surface area (Å²) in [5.41, 5.74) is 6.29. The van der Waals surface area contributed by atoms with Crippen molar-refractivity contribution in [3.05, 3.63) is 69.8 Å². The number of benzene rings is 2. The van der Waals surface area contributed by atoms with Gasteiger partial charge < -0.3 is 4.74 Å². The van der Waals surface area contributed by atoms with Crippen LogP contribution >= 0.6 is 15.9 Å². The first-order chi connectivity index (χ1) is 13.5. The van der Waals surface area contributed by atoms with Gasteiger partial charge in [0.25, 0.3) is 5.91 Å². The molecular formula is C22H22BrN3O2. The Morgan fingerprint density at radius 2 is 2.07 bits per heavy atom. The van der Waals surface area contributed by atoms with Gasteiger partial charge in [0.2, 0.25) is 0 Å². The number of aromatic nitrogens is 1. The maximum absolute atomic E-state index is 12.1. The average molecular weight is 440 g/mol. The Morgan fingerprint density at radius 3 is 2.86 bits per heavy atom. The van der Waals surface area contributed by atoms with Gasteiger partial charge in [-0.05, 0) is 42.2 Å². The number of carbonyl (C=O) groups excluding carboxylic acids is 1. The Bertz CT molecular complexity index is 1030. The summed E-state index contributed by atoms with van der Waals surface area (Å²) in [6.45, 7) is 6.06. The van der Waals surface area contributed by atoms with Gasteiger partial charge in [-0.1, -0.05) is 54.0 Å². The molecule has 1 aromatic heterocycles. The molecule has 0 saturated carbocycles. The number of hydrazone groups is 1. The lowest BCUT2D eigenvalue weighted by molar-refractivity contribution is -0.123. The highest BCUT2D eigenvalue weighted by Gasteiger charge is 2.12. The molecule has 6 heteroatoms. The molecule has 2 aromatic carbocycles. The number of nitrogens with one attached hydrogen (secondary N) is 1. The van der Waals surface area contributed by atoms with E-state index in [4.69, 9.17) is 4.74 Å². The first kappa shape index (κ1) is 20.0. The van der Waals surface area contributed by atoms with Gasteiger partial charge in [-0.2, -0.15) is 5.10 Å². The van der Waals surface area contributed by atoms with Gasteiger partial charge in [0.05, 0.1) is 11.7 Å². The minimum Gasteiger partial charge on any atom is -0.483 e. The zero-order chi connectivity index (χ0) is 20.1. The quantitative estimate of drug-likeness (QED) is 0.436. The highest BCUT2D eigenvalue weighted by molar-refractivity contribution is 9.10. The smallest absolute Gasteiger partial charge is 0.277 e. The van der Waals surface area contributed by atoms with Crippen LogP contribution in [0.25, 0.3) is 10.9 Å². The van der Waals surface area contributed by atoms with Crippen LogP contribution in [0.4, 0.5) is 0 Å². The SMILES string of the molecule is Cc1cc(OCC(=O)N/N=C\c2cccc3cccnc23)c(C(C)C)cc1Br. The molecule has 0 radical (unpaired) electrons. The third kappa shape index (κ3) is 4.75. The summed E-state index contributed by atoms with van der Waals surface area (Å²) in [5.74, 6) is 0.680. The lowest BCUT2D eigenvalue weighted by Crippen LogP contribution is -2.25. The first-order valence-corrected chi connectivity index (χ1v) is 9.83. The fourth-order valence-electron chi connectivity index (χ4n) is 2.83. The summed E-state index contributed by atoms with van der Waals surface area (Å²) in [6.07, 6.45) is 3.33.